The van der Waals surface area contributed by atoms with Crippen LogP contribution in [-0.4, -0.2) is 29.7 Å². The number of benzene rings is 2. The molecule has 162 valence electrons. The molecule has 0 aliphatic carbocycles. The molecule has 2 heterocycles. The maximum Gasteiger partial charge on any atom is 0.137 e. The first kappa shape index (κ1) is 21.9. The Balaban J connectivity index is 1.92. The second kappa shape index (κ2) is 8.29. The highest BCUT2D eigenvalue weighted by molar-refractivity contribution is 9.10. The molecule has 0 unspecified atom stereocenters. The third-order valence-electron chi connectivity index (χ3n) is 5.48. The molecule has 0 saturated heterocycles. The molecule has 0 spiro atoms. The lowest BCUT2D eigenvalue weighted by molar-refractivity contribution is -0.0374. The van der Waals surface area contributed by atoms with E-state index in [1.54, 1.807) is 17.7 Å². The normalized spacial score (nSPS) is 14.7. The van der Waals surface area contributed by atoms with Gasteiger partial charge in [0.25, 0.3) is 0 Å². The van der Waals surface area contributed by atoms with Gasteiger partial charge in [0.15, 0.2) is 0 Å². The van der Waals surface area contributed by atoms with Gasteiger partial charge in [-0.05, 0) is 31.5 Å². The molecule has 0 radical (unpaired) electrons. The van der Waals surface area contributed by atoms with Crippen molar-refractivity contribution in [3.8, 4) is 0 Å². The van der Waals surface area contributed by atoms with Crippen molar-refractivity contribution < 1.29 is 13.9 Å². The zero-order chi connectivity index (χ0) is 22.3. The quantitative estimate of drug-likeness (QED) is 0.395. The molecule has 4 rings (SSSR count). The number of hydrogen-bond donors (Lipinski definition) is 1. The van der Waals surface area contributed by atoms with Gasteiger partial charge in [-0.2, -0.15) is 10.2 Å². The zero-order valence-corrected chi connectivity index (χ0v) is 19.1. The molecule has 0 saturated carbocycles. The van der Waals surface area contributed by atoms with E-state index in [2.05, 4.69) is 31.1 Å². The molecule has 0 aliphatic rings. The van der Waals surface area contributed by atoms with E-state index >= 15 is 0 Å². The molecule has 2 aromatic carbocycles. The molecule has 0 bridgehead atoms. The summed E-state index contributed by atoms with van der Waals surface area (Å²) in [4.78, 5) is 3.90. The lowest BCUT2D eigenvalue weighted by Gasteiger charge is -2.35. The summed E-state index contributed by atoms with van der Waals surface area (Å²) in [7, 11) is 0. The van der Waals surface area contributed by atoms with Crippen molar-refractivity contribution in [2.45, 2.75) is 38.5 Å². The molecule has 6 nitrogen and oxygen atoms in total. The van der Waals surface area contributed by atoms with E-state index in [9.17, 15) is 13.9 Å². The van der Waals surface area contributed by atoms with Crippen LogP contribution in [0.5, 0.6) is 0 Å². The molecule has 2 atom stereocenters. The van der Waals surface area contributed by atoms with Crippen LogP contribution in [0.15, 0.2) is 47.5 Å². The minimum Gasteiger partial charge on any atom is -0.381 e. The van der Waals surface area contributed by atoms with Gasteiger partial charge in [0.05, 0.1) is 17.6 Å². The van der Waals surface area contributed by atoms with Crippen LogP contribution >= 0.6 is 27.5 Å². The average Bonchev–Trinajstić information content (AvgIpc) is 3.34. The number of hydrogen-bond acceptors (Lipinski definition) is 4. The Kier molecular flexibility index (Phi) is 5.85. The summed E-state index contributed by atoms with van der Waals surface area (Å²) in [6.07, 6.45) is 3.34. The van der Waals surface area contributed by atoms with Crippen molar-refractivity contribution >= 4 is 38.4 Å². The van der Waals surface area contributed by atoms with Gasteiger partial charge in [-0.25, -0.2) is 18.4 Å². The predicted octanol–water partition coefficient (Wildman–Crippen LogP) is 5.03. The molecule has 4 aromatic rings. The van der Waals surface area contributed by atoms with Gasteiger partial charge in [-0.15, -0.1) is 0 Å². The second-order valence-electron chi connectivity index (χ2n) is 7.35. The van der Waals surface area contributed by atoms with E-state index in [0.717, 1.165) is 27.7 Å². The van der Waals surface area contributed by atoms with Crippen LogP contribution in [0.25, 0.3) is 10.9 Å². The van der Waals surface area contributed by atoms with E-state index in [0.29, 0.717) is 17.0 Å². The van der Waals surface area contributed by atoms with Crippen LogP contribution in [0.1, 0.15) is 31.1 Å². The number of halogens is 4. The number of rotatable bonds is 6. The minimum absolute atomic E-state index is 0.0641. The van der Waals surface area contributed by atoms with Crippen LogP contribution in [0.2, 0.25) is 5.02 Å². The first-order valence-electron chi connectivity index (χ1n) is 9.61. The average molecular weight is 511 g/mol. The monoisotopic (exact) mass is 509 g/mol. The molecule has 0 fully saturated rings. The Hall–Kier alpha value is -2.36. The highest BCUT2D eigenvalue weighted by Gasteiger charge is 2.41. The van der Waals surface area contributed by atoms with E-state index in [4.69, 9.17) is 11.6 Å². The summed E-state index contributed by atoms with van der Waals surface area (Å²) in [6, 6.07) is 6.01. The van der Waals surface area contributed by atoms with E-state index in [-0.39, 0.29) is 12.1 Å². The summed E-state index contributed by atoms with van der Waals surface area (Å²) in [6.45, 7) is 3.57. The first-order valence-corrected chi connectivity index (χ1v) is 10.8. The van der Waals surface area contributed by atoms with Gasteiger partial charge in [0, 0.05) is 27.2 Å². The summed E-state index contributed by atoms with van der Waals surface area (Å²) < 4.78 is 32.3. The van der Waals surface area contributed by atoms with Crippen LogP contribution in [0.3, 0.4) is 0 Å². The number of nitrogens with zero attached hydrogens (tertiary/aromatic N) is 5. The van der Waals surface area contributed by atoms with Crippen molar-refractivity contribution in [2.75, 3.05) is 0 Å². The number of aromatic nitrogens is 5. The molecule has 0 amide bonds. The minimum atomic E-state index is -1.82. The Morgan fingerprint density at radius 1 is 1.26 bits per heavy atom. The largest absolute Gasteiger partial charge is 0.381 e. The number of aryl methyl sites for hydroxylation is 1. The van der Waals surface area contributed by atoms with Crippen molar-refractivity contribution in [3.05, 3.63) is 75.4 Å². The van der Waals surface area contributed by atoms with Gasteiger partial charge >= 0.3 is 0 Å². The topological polar surface area (TPSA) is 68.8 Å². The van der Waals surface area contributed by atoms with Crippen molar-refractivity contribution in [1.29, 1.82) is 0 Å². The summed E-state index contributed by atoms with van der Waals surface area (Å²) in [5.74, 6) is -1.59. The van der Waals surface area contributed by atoms with E-state index in [1.165, 1.54) is 23.4 Å². The first-order chi connectivity index (χ1) is 14.7. The number of aliphatic hydroxyl groups is 1. The van der Waals surface area contributed by atoms with Gasteiger partial charge in [0.1, 0.15) is 35.4 Å². The number of fused-ring (bicyclic) bond motifs is 1. The van der Waals surface area contributed by atoms with E-state index in [1.807, 2.05) is 13.0 Å². The van der Waals surface area contributed by atoms with Crippen LogP contribution in [0.4, 0.5) is 8.78 Å². The van der Waals surface area contributed by atoms with Crippen molar-refractivity contribution in [1.82, 2.24) is 24.5 Å². The summed E-state index contributed by atoms with van der Waals surface area (Å²) in [5.41, 5.74) is -0.478. The molecular weight excluding hydrogens is 492 g/mol. The van der Waals surface area contributed by atoms with Crippen molar-refractivity contribution in [2.24, 2.45) is 0 Å². The highest BCUT2D eigenvalue weighted by atomic mass is 79.9. The molecular formula is C21H19BrClF2N5O. The molecule has 1 N–H and O–H groups in total. The summed E-state index contributed by atoms with van der Waals surface area (Å²) >= 11 is 9.86. The Labute approximate surface area is 190 Å². The summed E-state index contributed by atoms with van der Waals surface area (Å²) in [5, 5.41) is 21.9. The zero-order valence-electron chi connectivity index (χ0n) is 16.7. The molecule has 31 heavy (non-hydrogen) atoms. The maximum absolute atomic E-state index is 14.9. The Bertz CT molecular complexity index is 1250. The smallest absolute Gasteiger partial charge is 0.137 e. The van der Waals surface area contributed by atoms with E-state index < -0.39 is 23.3 Å². The fraction of sp³-hybridized carbons (Fsp3) is 0.286. The lowest BCUT2D eigenvalue weighted by Crippen LogP contribution is -2.41. The van der Waals surface area contributed by atoms with Gasteiger partial charge < -0.3 is 5.11 Å². The molecule has 10 heteroatoms. The Morgan fingerprint density at radius 2 is 2.03 bits per heavy atom. The van der Waals surface area contributed by atoms with Gasteiger partial charge in [0.2, 0.25) is 0 Å². The van der Waals surface area contributed by atoms with Gasteiger partial charge in [-0.1, -0.05) is 40.5 Å². The third kappa shape index (κ3) is 3.86. The van der Waals surface area contributed by atoms with Crippen LogP contribution in [0, 0.1) is 11.6 Å². The fourth-order valence-electron chi connectivity index (χ4n) is 3.90. The standard InChI is InChI=1S/C21H19BrClF2N5O/c1-3-19-15-6-13(22)7-17(23)20(15)28-30(19)12(2)21(31,9-29-11-26-10-27-29)16-5-4-14(24)8-18(16)25/h4-8,10-12,31H,3,9H2,1-2H3/t12-,21-/m1/s1. The SMILES string of the molecule is CCc1c2cc(Br)cc(Cl)c2nn1[C@H](C)[C@](O)(Cn1cncn1)c1ccc(F)cc1F. The predicted molar refractivity (Wildman–Crippen MR) is 117 cm³/mol. The fourth-order valence-corrected chi connectivity index (χ4v) is 4.75. The maximum atomic E-state index is 14.9. The lowest BCUT2D eigenvalue weighted by atomic mass is 9.86. The second-order valence-corrected chi connectivity index (χ2v) is 8.67. The van der Waals surface area contributed by atoms with Crippen LogP contribution < -0.4 is 0 Å². The molecule has 0 aliphatic heterocycles. The van der Waals surface area contributed by atoms with Crippen LogP contribution in [-0.2, 0) is 18.6 Å². The third-order valence-corrected chi connectivity index (χ3v) is 6.23. The Morgan fingerprint density at radius 3 is 2.68 bits per heavy atom. The highest BCUT2D eigenvalue weighted by Crippen LogP contribution is 2.39. The van der Waals surface area contributed by atoms with Gasteiger partial charge in [-0.3, -0.25) is 4.68 Å². The molecule has 2 aromatic heterocycles. The van der Waals surface area contributed by atoms with Crippen molar-refractivity contribution in [3.63, 3.8) is 0 Å².